The summed E-state index contributed by atoms with van der Waals surface area (Å²) in [4.78, 5) is 18.6. The van der Waals surface area contributed by atoms with Crippen molar-refractivity contribution in [3.05, 3.63) is 48.0 Å². The minimum absolute atomic E-state index is 0.0869. The van der Waals surface area contributed by atoms with E-state index in [-0.39, 0.29) is 5.91 Å². The third kappa shape index (κ3) is 2.77. The largest absolute Gasteiger partial charge is 0.399 e. The van der Waals surface area contributed by atoms with Crippen LogP contribution in [0, 0.1) is 6.92 Å². The second-order valence-electron chi connectivity index (χ2n) is 5.61. The zero-order valence-corrected chi connectivity index (χ0v) is 12.2. The van der Waals surface area contributed by atoms with Gasteiger partial charge in [-0.1, -0.05) is 6.07 Å². The number of aromatic nitrogens is 2. The smallest absolute Gasteiger partial charge is 0.254 e. The number of likely N-dealkylation sites (tertiary alicyclic amines) is 1. The molecule has 2 N–H and O–H groups in total. The minimum Gasteiger partial charge on any atom is -0.399 e. The Morgan fingerprint density at radius 1 is 1.33 bits per heavy atom. The SMILES string of the molecule is Cc1ccc(N)cc1C(=O)N1CCC(n2ccnc2)CC1. The van der Waals surface area contributed by atoms with E-state index in [2.05, 4.69) is 9.55 Å². The Bertz CT molecular complexity index is 628. The van der Waals surface area contributed by atoms with Crippen molar-refractivity contribution in [2.24, 2.45) is 0 Å². The fraction of sp³-hybridized carbons (Fsp3) is 0.375. The van der Waals surface area contributed by atoms with Gasteiger partial charge in [-0.25, -0.2) is 4.98 Å². The molecule has 2 heterocycles. The number of imidazole rings is 1. The lowest BCUT2D eigenvalue weighted by Gasteiger charge is -2.33. The molecule has 1 aliphatic heterocycles. The van der Waals surface area contributed by atoms with Gasteiger partial charge in [0, 0.05) is 42.8 Å². The van der Waals surface area contributed by atoms with Crippen LogP contribution in [-0.4, -0.2) is 33.4 Å². The lowest BCUT2D eigenvalue weighted by molar-refractivity contribution is 0.0694. The Morgan fingerprint density at radius 2 is 2.10 bits per heavy atom. The Balaban J connectivity index is 1.69. The van der Waals surface area contributed by atoms with Gasteiger partial charge >= 0.3 is 0 Å². The highest BCUT2D eigenvalue weighted by molar-refractivity contribution is 5.96. The first-order chi connectivity index (χ1) is 10.1. The van der Waals surface area contributed by atoms with Crippen LogP contribution in [0.25, 0.3) is 0 Å². The van der Waals surface area contributed by atoms with Gasteiger partial charge in [0.15, 0.2) is 0 Å². The molecule has 1 aromatic carbocycles. The monoisotopic (exact) mass is 284 g/mol. The summed E-state index contributed by atoms with van der Waals surface area (Å²) in [5.74, 6) is 0.0869. The van der Waals surface area contributed by atoms with E-state index < -0.39 is 0 Å². The van der Waals surface area contributed by atoms with Gasteiger partial charge in [0.25, 0.3) is 5.91 Å². The van der Waals surface area contributed by atoms with Crippen LogP contribution in [0.1, 0.15) is 34.8 Å². The molecule has 0 unspecified atom stereocenters. The Morgan fingerprint density at radius 3 is 2.76 bits per heavy atom. The van der Waals surface area contributed by atoms with Crippen LogP contribution in [0.3, 0.4) is 0 Å². The molecule has 0 bridgehead atoms. The number of nitrogens with two attached hydrogens (primary N) is 1. The maximum Gasteiger partial charge on any atom is 0.254 e. The zero-order valence-electron chi connectivity index (χ0n) is 12.2. The first kappa shape index (κ1) is 13.7. The number of hydrogen-bond donors (Lipinski definition) is 1. The average molecular weight is 284 g/mol. The van der Waals surface area contributed by atoms with Gasteiger partial charge < -0.3 is 15.2 Å². The molecular weight excluding hydrogens is 264 g/mol. The van der Waals surface area contributed by atoms with Gasteiger partial charge in [0.05, 0.1) is 6.33 Å². The highest BCUT2D eigenvalue weighted by Crippen LogP contribution is 2.24. The fourth-order valence-electron chi connectivity index (χ4n) is 2.89. The minimum atomic E-state index is 0.0869. The van der Waals surface area contributed by atoms with E-state index >= 15 is 0 Å². The molecular formula is C16H20N4O. The zero-order chi connectivity index (χ0) is 14.8. The Hall–Kier alpha value is -2.30. The molecule has 0 spiro atoms. The first-order valence-corrected chi connectivity index (χ1v) is 7.28. The first-order valence-electron chi connectivity index (χ1n) is 7.28. The van der Waals surface area contributed by atoms with E-state index in [0.29, 0.717) is 11.7 Å². The Kier molecular flexibility index (Phi) is 3.64. The standard InChI is InChI=1S/C16H20N4O/c1-12-2-3-13(17)10-15(12)16(21)19-7-4-14(5-8-19)20-9-6-18-11-20/h2-3,6,9-11,14H,4-5,7-8,17H2,1H3. The van der Waals surface area contributed by atoms with Gasteiger partial charge in [0.2, 0.25) is 0 Å². The van der Waals surface area contributed by atoms with E-state index in [1.807, 2.05) is 36.5 Å². The molecule has 5 heteroatoms. The van der Waals surface area contributed by atoms with Crippen LogP contribution >= 0.6 is 0 Å². The highest BCUT2D eigenvalue weighted by Gasteiger charge is 2.25. The van der Waals surface area contributed by atoms with Crippen molar-refractivity contribution < 1.29 is 4.79 Å². The molecule has 1 amide bonds. The predicted molar refractivity (Wildman–Crippen MR) is 82.0 cm³/mol. The normalized spacial score (nSPS) is 16.1. The second kappa shape index (κ2) is 5.60. The number of rotatable bonds is 2. The molecule has 21 heavy (non-hydrogen) atoms. The quantitative estimate of drug-likeness (QED) is 0.860. The van der Waals surface area contributed by atoms with Crippen LogP contribution in [0.15, 0.2) is 36.9 Å². The van der Waals surface area contributed by atoms with Crippen molar-refractivity contribution in [2.75, 3.05) is 18.8 Å². The number of piperidine rings is 1. The molecule has 1 aliphatic rings. The molecule has 2 aromatic rings. The molecule has 0 radical (unpaired) electrons. The molecule has 3 rings (SSSR count). The van der Waals surface area contributed by atoms with E-state index in [1.54, 1.807) is 12.3 Å². The van der Waals surface area contributed by atoms with Crippen molar-refractivity contribution >= 4 is 11.6 Å². The van der Waals surface area contributed by atoms with Crippen molar-refractivity contribution in [1.82, 2.24) is 14.5 Å². The number of aryl methyl sites for hydroxylation is 1. The van der Waals surface area contributed by atoms with Crippen molar-refractivity contribution in [2.45, 2.75) is 25.8 Å². The van der Waals surface area contributed by atoms with Gasteiger partial charge in [-0.3, -0.25) is 4.79 Å². The summed E-state index contributed by atoms with van der Waals surface area (Å²) in [6.07, 6.45) is 7.56. The third-order valence-corrected chi connectivity index (χ3v) is 4.19. The number of nitrogen functional groups attached to an aromatic ring is 1. The summed E-state index contributed by atoms with van der Waals surface area (Å²) in [6.45, 7) is 3.50. The molecule has 5 nitrogen and oxygen atoms in total. The molecule has 0 aliphatic carbocycles. The molecule has 1 fully saturated rings. The summed E-state index contributed by atoms with van der Waals surface area (Å²) in [7, 11) is 0. The van der Waals surface area contributed by atoms with Crippen LogP contribution in [0.2, 0.25) is 0 Å². The van der Waals surface area contributed by atoms with E-state index in [9.17, 15) is 4.79 Å². The summed E-state index contributed by atoms with van der Waals surface area (Å²) in [5, 5.41) is 0. The second-order valence-corrected chi connectivity index (χ2v) is 5.61. The average Bonchev–Trinajstić information content (AvgIpc) is 3.03. The van der Waals surface area contributed by atoms with Crippen LogP contribution < -0.4 is 5.73 Å². The molecule has 0 atom stereocenters. The number of nitrogens with zero attached hydrogens (tertiary/aromatic N) is 3. The molecule has 1 saturated heterocycles. The lowest BCUT2D eigenvalue weighted by Crippen LogP contribution is -2.39. The topological polar surface area (TPSA) is 64.2 Å². The molecule has 1 aromatic heterocycles. The maximum absolute atomic E-state index is 12.6. The van der Waals surface area contributed by atoms with E-state index in [0.717, 1.165) is 37.1 Å². The number of carbonyl (C=O) groups excluding carboxylic acids is 1. The van der Waals surface area contributed by atoms with Crippen molar-refractivity contribution in [3.63, 3.8) is 0 Å². The highest BCUT2D eigenvalue weighted by atomic mass is 16.2. The van der Waals surface area contributed by atoms with Crippen LogP contribution in [-0.2, 0) is 0 Å². The number of anilines is 1. The summed E-state index contributed by atoms with van der Waals surface area (Å²) in [6, 6.07) is 5.95. The van der Waals surface area contributed by atoms with Crippen molar-refractivity contribution in [3.8, 4) is 0 Å². The Labute approximate surface area is 124 Å². The van der Waals surface area contributed by atoms with Crippen LogP contribution in [0.4, 0.5) is 5.69 Å². The molecule has 110 valence electrons. The fourth-order valence-corrected chi connectivity index (χ4v) is 2.89. The predicted octanol–water partition coefficient (Wildman–Crippen LogP) is 2.25. The lowest BCUT2D eigenvalue weighted by atomic mass is 10.0. The van der Waals surface area contributed by atoms with Gasteiger partial charge in [0.1, 0.15) is 0 Å². The van der Waals surface area contributed by atoms with E-state index in [1.165, 1.54) is 0 Å². The number of carbonyl (C=O) groups is 1. The van der Waals surface area contributed by atoms with Gasteiger partial charge in [-0.15, -0.1) is 0 Å². The van der Waals surface area contributed by atoms with Crippen molar-refractivity contribution in [1.29, 1.82) is 0 Å². The number of benzene rings is 1. The summed E-state index contributed by atoms with van der Waals surface area (Å²) in [5.41, 5.74) is 8.13. The maximum atomic E-state index is 12.6. The number of hydrogen-bond acceptors (Lipinski definition) is 3. The number of amides is 1. The molecule has 0 saturated carbocycles. The van der Waals surface area contributed by atoms with E-state index in [4.69, 9.17) is 5.73 Å². The summed E-state index contributed by atoms with van der Waals surface area (Å²) < 4.78 is 2.13. The summed E-state index contributed by atoms with van der Waals surface area (Å²) >= 11 is 0. The third-order valence-electron chi connectivity index (χ3n) is 4.19. The van der Waals surface area contributed by atoms with Gasteiger partial charge in [-0.05, 0) is 37.5 Å². The van der Waals surface area contributed by atoms with Crippen LogP contribution in [0.5, 0.6) is 0 Å². The van der Waals surface area contributed by atoms with Gasteiger partial charge in [-0.2, -0.15) is 0 Å².